The minimum atomic E-state index is 0.617. The van der Waals surface area contributed by atoms with Crippen molar-refractivity contribution in [2.45, 2.75) is 6.92 Å². The molecule has 0 spiro atoms. The number of anilines is 3. The molecule has 0 fully saturated rings. The van der Waals surface area contributed by atoms with Gasteiger partial charge in [-0.25, -0.2) is 4.98 Å². The molecule has 0 unspecified atom stereocenters. The highest BCUT2D eigenvalue weighted by Gasteiger charge is 2.11. The fourth-order valence-electron chi connectivity index (χ4n) is 1.76. The van der Waals surface area contributed by atoms with Crippen molar-refractivity contribution >= 4 is 33.4 Å². The standard InChI is InChI=1S/C14H17BrN4O/c1-4-16-14-17-9-12(15)13(18-14)19(2)10-5-7-11(20-3)8-6-10/h5-9H,4H2,1-3H3,(H,16,17,18). The summed E-state index contributed by atoms with van der Waals surface area (Å²) < 4.78 is 6.01. The Bertz CT molecular complexity index is 574. The number of ether oxygens (including phenoxy) is 1. The van der Waals surface area contributed by atoms with E-state index < -0.39 is 0 Å². The molecule has 1 heterocycles. The molecule has 1 N–H and O–H groups in total. The molecule has 0 radical (unpaired) electrons. The number of rotatable bonds is 5. The average Bonchev–Trinajstić information content (AvgIpc) is 2.49. The molecule has 6 heteroatoms. The van der Waals surface area contributed by atoms with Crippen LogP contribution in [0.4, 0.5) is 17.5 Å². The quantitative estimate of drug-likeness (QED) is 0.906. The molecule has 2 aromatic rings. The molecule has 20 heavy (non-hydrogen) atoms. The lowest BCUT2D eigenvalue weighted by Gasteiger charge is -2.20. The summed E-state index contributed by atoms with van der Waals surface area (Å²) in [5, 5.41) is 3.11. The highest BCUT2D eigenvalue weighted by molar-refractivity contribution is 9.10. The van der Waals surface area contributed by atoms with E-state index in [1.807, 2.05) is 43.1 Å². The minimum Gasteiger partial charge on any atom is -0.497 e. The van der Waals surface area contributed by atoms with Gasteiger partial charge in [-0.2, -0.15) is 4.98 Å². The topological polar surface area (TPSA) is 50.3 Å². The first kappa shape index (κ1) is 14.6. The largest absolute Gasteiger partial charge is 0.497 e. The summed E-state index contributed by atoms with van der Waals surface area (Å²) >= 11 is 3.49. The molecule has 1 aromatic carbocycles. The highest BCUT2D eigenvalue weighted by Crippen LogP contribution is 2.30. The van der Waals surface area contributed by atoms with E-state index in [4.69, 9.17) is 4.74 Å². The van der Waals surface area contributed by atoms with E-state index in [0.29, 0.717) is 5.95 Å². The molecule has 0 aliphatic heterocycles. The fraction of sp³-hybridized carbons (Fsp3) is 0.286. The maximum atomic E-state index is 5.17. The third kappa shape index (κ3) is 3.19. The third-order valence-electron chi connectivity index (χ3n) is 2.84. The Hall–Kier alpha value is -1.82. The highest BCUT2D eigenvalue weighted by atomic mass is 79.9. The second kappa shape index (κ2) is 6.56. The number of methoxy groups -OCH3 is 1. The molecule has 0 aliphatic rings. The minimum absolute atomic E-state index is 0.617. The molecule has 0 bridgehead atoms. The Morgan fingerprint density at radius 3 is 2.60 bits per heavy atom. The van der Waals surface area contributed by atoms with Crippen LogP contribution in [0.2, 0.25) is 0 Å². The van der Waals surface area contributed by atoms with Gasteiger partial charge in [0.1, 0.15) is 5.75 Å². The van der Waals surface area contributed by atoms with Gasteiger partial charge < -0.3 is 15.0 Å². The molecule has 106 valence electrons. The Balaban J connectivity index is 2.30. The molecular weight excluding hydrogens is 320 g/mol. The van der Waals surface area contributed by atoms with Gasteiger partial charge in [-0.1, -0.05) is 0 Å². The number of nitrogens with zero attached hydrogens (tertiary/aromatic N) is 3. The molecule has 5 nitrogen and oxygen atoms in total. The Labute approximate surface area is 127 Å². The summed E-state index contributed by atoms with van der Waals surface area (Å²) in [7, 11) is 3.62. The number of hydrogen-bond acceptors (Lipinski definition) is 5. The first-order valence-electron chi connectivity index (χ1n) is 6.30. The predicted molar refractivity (Wildman–Crippen MR) is 85.0 cm³/mol. The van der Waals surface area contributed by atoms with Crippen LogP contribution in [-0.2, 0) is 0 Å². The van der Waals surface area contributed by atoms with E-state index in [1.54, 1.807) is 13.3 Å². The number of nitrogens with one attached hydrogen (secondary N) is 1. The number of benzene rings is 1. The zero-order chi connectivity index (χ0) is 14.5. The lowest BCUT2D eigenvalue weighted by atomic mass is 10.3. The van der Waals surface area contributed by atoms with Crippen molar-refractivity contribution in [2.24, 2.45) is 0 Å². The first-order valence-corrected chi connectivity index (χ1v) is 7.09. The zero-order valence-electron chi connectivity index (χ0n) is 11.7. The van der Waals surface area contributed by atoms with Crippen molar-refractivity contribution in [1.29, 1.82) is 0 Å². The van der Waals surface area contributed by atoms with Crippen molar-refractivity contribution in [2.75, 3.05) is 30.9 Å². The van der Waals surface area contributed by atoms with Crippen molar-refractivity contribution in [3.63, 3.8) is 0 Å². The maximum Gasteiger partial charge on any atom is 0.224 e. The third-order valence-corrected chi connectivity index (χ3v) is 3.40. The van der Waals surface area contributed by atoms with Crippen molar-refractivity contribution in [3.05, 3.63) is 34.9 Å². The molecule has 0 saturated carbocycles. The number of halogens is 1. The van der Waals surface area contributed by atoms with Crippen LogP contribution < -0.4 is 15.0 Å². The maximum absolute atomic E-state index is 5.17. The molecule has 1 aromatic heterocycles. The molecule has 2 rings (SSSR count). The van der Waals surface area contributed by atoms with Gasteiger partial charge in [0.15, 0.2) is 5.82 Å². The lowest BCUT2D eigenvalue weighted by Crippen LogP contribution is -2.14. The Kier molecular flexibility index (Phi) is 4.79. The SMILES string of the molecule is CCNc1ncc(Br)c(N(C)c2ccc(OC)cc2)n1. The van der Waals surface area contributed by atoms with Crippen LogP contribution in [0.5, 0.6) is 5.75 Å². The van der Waals surface area contributed by atoms with Gasteiger partial charge in [0.05, 0.1) is 11.6 Å². The molecule has 0 aliphatic carbocycles. The monoisotopic (exact) mass is 336 g/mol. The molecular formula is C14H17BrN4O. The van der Waals surface area contributed by atoms with E-state index in [1.165, 1.54) is 0 Å². The van der Waals surface area contributed by atoms with E-state index in [-0.39, 0.29) is 0 Å². The van der Waals surface area contributed by atoms with Crippen molar-refractivity contribution in [1.82, 2.24) is 9.97 Å². The van der Waals surface area contributed by atoms with Crippen molar-refractivity contribution < 1.29 is 4.74 Å². The second-order valence-electron chi connectivity index (χ2n) is 4.15. The summed E-state index contributed by atoms with van der Waals surface area (Å²) in [6, 6.07) is 7.82. The van der Waals surface area contributed by atoms with Crippen LogP contribution >= 0.6 is 15.9 Å². The molecule has 0 saturated heterocycles. The second-order valence-corrected chi connectivity index (χ2v) is 5.01. The predicted octanol–water partition coefficient (Wildman–Crippen LogP) is 3.45. The van der Waals surface area contributed by atoms with Crippen LogP contribution in [0, 0.1) is 0 Å². The van der Waals surface area contributed by atoms with Crippen LogP contribution in [0.15, 0.2) is 34.9 Å². The van der Waals surface area contributed by atoms with Crippen molar-refractivity contribution in [3.8, 4) is 5.75 Å². The Morgan fingerprint density at radius 2 is 2.00 bits per heavy atom. The van der Waals surface area contributed by atoms with Gasteiger partial charge in [0.25, 0.3) is 0 Å². The van der Waals surface area contributed by atoms with E-state index >= 15 is 0 Å². The summed E-state index contributed by atoms with van der Waals surface area (Å²) in [5.41, 5.74) is 1.02. The van der Waals surface area contributed by atoms with Gasteiger partial charge in [0, 0.05) is 25.5 Å². The normalized spacial score (nSPS) is 10.2. The first-order chi connectivity index (χ1) is 9.65. The van der Waals surface area contributed by atoms with Gasteiger partial charge in [-0.05, 0) is 47.1 Å². The Morgan fingerprint density at radius 1 is 1.30 bits per heavy atom. The van der Waals surface area contributed by atoms with Crippen LogP contribution in [0.1, 0.15) is 6.92 Å². The summed E-state index contributed by atoms with van der Waals surface area (Å²) in [4.78, 5) is 10.7. The van der Waals surface area contributed by atoms with Gasteiger partial charge in [-0.3, -0.25) is 0 Å². The van der Waals surface area contributed by atoms with Crippen LogP contribution in [0.25, 0.3) is 0 Å². The van der Waals surface area contributed by atoms with Gasteiger partial charge in [0.2, 0.25) is 5.95 Å². The van der Waals surface area contributed by atoms with E-state index in [2.05, 4.69) is 31.2 Å². The average molecular weight is 337 g/mol. The van der Waals surface area contributed by atoms with Crippen LogP contribution in [0.3, 0.4) is 0 Å². The molecule has 0 amide bonds. The van der Waals surface area contributed by atoms with Gasteiger partial charge in [-0.15, -0.1) is 0 Å². The smallest absolute Gasteiger partial charge is 0.224 e. The lowest BCUT2D eigenvalue weighted by molar-refractivity contribution is 0.415. The fourth-order valence-corrected chi connectivity index (χ4v) is 2.22. The summed E-state index contributed by atoms with van der Waals surface area (Å²) in [6.45, 7) is 2.80. The van der Waals surface area contributed by atoms with E-state index in [0.717, 1.165) is 28.3 Å². The molecule has 0 atom stereocenters. The van der Waals surface area contributed by atoms with E-state index in [9.17, 15) is 0 Å². The van der Waals surface area contributed by atoms with Crippen LogP contribution in [-0.4, -0.2) is 30.7 Å². The van der Waals surface area contributed by atoms with Gasteiger partial charge >= 0.3 is 0 Å². The summed E-state index contributed by atoms with van der Waals surface area (Å²) in [6.07, 6.45) is 1.75. The number of aromatic nitrogens is 2. The summed E-state index contributed by atoms with van der Waals surface area (Å²) in [5.74, 6) is 2.25. The zero-order valence-corrected chi connectivity index (χ0v) is 13.3. The number of hydrogen-bond donors (Lipinski definition) is 1.